The van der Waals surface area contributed by atoms with E-state index in [4.69, 9.17) is 4.78 Å². The third kappa shape index (κ3) is 2.06. The quantitative estimate of drug-likeness (QED) is 0.733. The normalized spacial score (nSPS) is 10.8. The van der Waals surface area contributed by atoms with E-state index in [1.807, 2.05) is 6.92 Å². The minimum atomic E-state index is -1.85. The van der Waals surface area contributed by atoms with Gasteiger partial charge in [0.15, 0.2) is 0 Å². The summed E-state index contributed by atoms with van der Waals surface area (Å²) in [5, 5.41) is 0. The van der Waals surface area contributed by atoms with E-state index in [0.717, 1.165) is 5.56 Å². The van der Waals surface area contributed by atoms with Crippen LogP contribution in [-0.2, 0) is 21.2 Å². The number of hydrogen-bond acceptors (Lipinski definition) is 3. The standard InChI is InChI=1S/C9H11FNOS/c1-3-8-6(2)4-7(13(11)12)5-9(8)10/h4-5,11H,3H2,1-2H3/q-1. The SMILES string of the molecule is CCc1c(C)cc([S-](=N)=O)cc1F. The first kappa shape index (κ1) is 10.2. The van der Waals surface area contributed by atoms with E-state index in [-0.39, 0.29) is 10.7 Å². The maximum absolute atomic E-state index is 13.3. The number of halogens is 1. The smallest absolute Gasteiger partial charge is 0.125 e. The van der Waals surface area contributed by atoms with Gasteiger partial charge in [-0.1, -0.05) is 17.9 Å². The number of nitrogens with one attached hydrogen (secondary N) is 1. The van der Waals surface area contributed by atoms with Crippen molar-refractivity contribution in [3.05, 3.63) is 29.1 Å². The van der Waals surface area contributed by atoms with Gasteiger partial charge in [0.2, 0.25) is 0 Å². The highest BCUT2D eigenvalue weighted by molar-refractivity contribution is 7.73. The predicted molar refractivity (Wildman–Crippen MR) is 49.6 cm³/mol. The zero-order valence-electron chi connectivity index (χ0n) is 7.56. The van der Waals surface area contributed by atoms with Crippen LogP contribution in [0.4, 0.5) is 4.39 Å². The van der Waals surface area contributed by atoms with Gasteiger partial charge in [0.25, 0.3) is 0 Å². The van der Waals surface area contributed by atoms with Crippen molar-refractivity contribution in [2.24, 2.45) is 0 Å². The summed E-state index contributed by atoms with van der Waals surface area (Å²) in [5.41, 5.74) is 1.40. The van der Waals surface area contributed by atoms with Gasteiger partial charge in [-0.2, -0.15) is 10.6 Å². The maximum Gasteiger partial charge on any atom is 0.125 e. The first-order valence-corrected chi connectivity index (χ1v) is 5.13. The molecule has 0 unspecified atom stereocenters. The molecule has 72 valence electrons. The minimum absolute atomic E-state index is 0.229. The fraction of sp³-hybridized carbons (Fsp3) is 0.333. The second-order valence-electron chi connectivity index (χ2n) is 2.82. The topological polar surface area (TPSA) is 40.9 Å². The van der Waals surface area contributed by atoms with Crippen LogP contribution in [0.5, 0.6) is 0 Å². The van der Waals surface area contributed by atoms with Crippen molar-refractivity contribution >= 4 is 10.6 Å². The van der Waals surface area contributed by atoms with Gasteiger partial charge in [-0.25, -0.2) is 4.39 Å². The average molecular weight is 200 g/mol. The molecule has 0 aliphatic heterocycles. The van der Waals surface area contributed by atoms with Crippen LogP contribution in [0.2, 0.25) is 0 Å². The summed E-state index contributed by atoms with van der Waals surface area (Å²) in [7, 11) is -1.85. The zero-order chi connectivity index (χ0) is 10.0. The lowest BCUT2D eigenvalue weighted by atomic mass is 10.1. The van der Waals surface area contributed by atoms with Crippen molar-refractivity contribution in [1.29, 1.82) is 4.78 Å². The third-order valence-electron chi connectivity index (χ3n) is 1.96. The minimum Gasteiger partial charge on any atom is -0.440 e. The van der Waals surface area contributed by atoms with E-state index in [2.05, 4.69) is 0 Å². The highest BCUT2D eigenvalue weighted by Crippen LogP contribution is 2.17. The molecule has 2 nitrogen and oxygen atoms in total. The molecule has 1 rings (SSSR count). The van der Waals surface area contributed by atoms with E-state index in [1.54, 1.807) is 13.0 Å². The summed E-state index contributed by atoms with van der Waals surface area (Å²) >= 11 is 0. The van der Waals surface area contributed by atoms with Crippen molar-refractivity contribution in [3.8, 4) is 0 Å². The van der Waals surface area contributed by atoms with Crippen LogP contribution in [-0.4, -0.2) is 0 Å². The largest absolute Gasteiger partial charge is 0.440 e. The summed E-state index contributed by atoms with van der Waals surface area (Å²) in [6.07, 6.45) is 0.614. The number of hydrogen-bond donors (Lipinski definition) is 1. The Labute approximate surface area is 78.8 Å². The molecule has 0 spiro atoms. The molecule has 0 heterocycles. The number of benzene rings is 1. The Morgan fingerprint density at radius 2 is 2.15 bits per heavy atom. The molecule has 1 N–H and O–H groups in total. The Bertz CT molecular complexity index is 368. The summed E-state index contributed by atoms with van der Waals surface area (Å²) in [5.74, 6) is -0.363. The molecule has 13 heavy (non-hydrogen) atoms. The van der Waals surface area contributed by atoms with Crippen LogP contribution in [0, 0.1) is 17.5 Å². The van der Waals surface area contributed by atoms with Gasteiger partial charge in [0.1, 0.15) is 5.82 Å². The molecule has 0 aliphatic rings. The third-order valence-corrected chi connectivity index (χ3v) is 2.62. The van der Waals surface area contributed by atoms with Crippen LogP contribution in [0.15, 0.2) is 17.0 Å². The number of rotatable bonds is 2. The fourth-order valence-corrected chi connectivity index (χ4v) is 1.79. The summed E-state index contributed by atoms with van der Waals surface area (Å²) < 4.78 is 31.0. The van der Waals surface area contributed by atoms with Crippen molar-refractivity contribution in [2.75, 3.05) is 0 Å². The van der Waals surface area contributed by atoms with Crippen molar-refractivity contribution < 1.29 is 8.60 Å². The molecule has 0 aliphatic carbocycles. The molecule has 4 heteroatoms. The van der Waals surface area contributed by atoms with Crippen molar-refractivity contribution in [2.45, 2.75) is 25.2 Å². The zero-order valence-corrected chi connectivity index (χ0v) is 8.37. The lowest BCUT2D eigenvalue weighted by Gasteiger charge is -2.09. The highest BCUT2D eigenvalue weighted by Gasteiger charge is 2.03. The Morgan fingerprint density at radius 1 is 1.54 bits per heavy atom. The lowest BCUT2D eigenvalue weighted by molar-refractivity contribution is 0.592. The molecule has 0 aromatic heterocycles. The molecular formula is C9H11FNOS-. The second kappa shape index (κ2) is 3.87. The lowest BCUT2D eigenvalue weighted by Crippen LogP contribution is -1.94. The highest BCUT2D eigenvalue weighted by atomic mass is 32.2. The Morgan fingerprint density at radius 3 is 2.54 bits per heavy atom. The molecule has 1 aromatic rings. The fourth-order valence-electron chi connectivity index (χ4n) is 1.30. The van der Waals surface area contributed by atoms with Crippen molar-refractivity contribution in [1.82, 2.24) is 0 Å². The Kier molecular flexibility index (Phi) is 3.03. The first-order valence-electron chi connectivity index (χ1n) is 3.98. The van der Waals surface area contributed by atoms with Gasteiger partial charge >= 0.3 is 0 Å². The van der Waals surface area contributed by atoms with E-state index >= 15 is 0 Å². The molecule has 0 saturated heterocycles. The summed E-state index contributed by atoms with van der Waals surface area (Å²) in [4.78, 5) is 0.229. The maximum atomic E-state index is 13.3. The van der Waals surface area contributed by atoms with Gasteiger partial charge in [0.05, 0.1) is 0 Å². The number of aryl methyl sites for hydroxylation is 1. The van der Waals surface area contributed by atoms with Gasteiger partial charge in [-0.05, 0) is 30.5 Å². The Balaban J connectivity index is 3.36. The van der Waals surface area contributed by atoms with Gasteiger partial charge < -0.3 is 8.99 Å². The second-order valence-corrected chi connectivity index (χ2v) is 3.83. The van der Waals surface area contributed by atoms with Gasteiger partial charge in [0, 0.05) is 0 Å². The molecule has 0 radical (unpaired) electrons. The first-order chi connectivity index (χ1) is 6.06. The molecule has 0 amide bonds. The van der Waals surface area contributed by atoms with E-state index in [0.29, 0.717) is 12.0 Å². The summed E-state index contributed by atoms with van der Waals surface area (Å²) in [6.45, 7) is 3.63. The van der Waals surface area contributed by atoms with Gasteiger partial charge in [-0.3, -0.25) is 0 Å². The molecule has 0 bridgehead atoms. The van der Waals surface area contributed by atoms with E-state index in [1.165, 1.54) is 6.07 Å². The van der Waals surface area contributed by atoms with Crippen LogP contribution < -0.4 is 0 Å². The molecule has 0 fully saturated rings. The van der Waals surface area contributed by atoms with Crippen LogP contribution in [0.3, 0.4) is 0 Å². The predicted octanol–water partition coefficient (Wildman–Crippen LogP) is 2.78. The monoisotopic (exact) mass is 200 g/mol. The molecule has 0 saturated carbocycles. The van der Waals surface area contributed by atoms with E-state index in [9.17, 15) is 8.60 Å². The van der Waals surface area contributed by atoms with Crippen LogP contribution in [0.1, 0.15) is 18.1 Å². The molecular weight excluding hydrogens is 189 g/mol. The van der Waals surface area contributed by atoms with Gasteiger partial charge in [-0.15, -0.1) is 0 Å². The molecule has 1 aromatic carbocycles. The average Bonchev–Trinajstić information content (AvgIpc) is 2.03. The van der Waals surface area contributed by atoms with Crippen molar-refractivity contribution in [3.63, 3.8) is 0 Å². The summed E-state index contributed by atoms with van der Waals surface area (Å²) in [6, 6.07) is 2.78. The van der Waals surface area contributed by atoms with Crippen LogP contribution >= 0.6 is 0 Å². The van der Waals surface area contributed by atoms with E-state index < -0.39 is 10.6 Å². The van der Waals surface area contributed by atoms with Crippen LogP contribution in [0.25, 0.3) is 0 Å². The molecule has 0 atom stereocenters. The Hall–Kier alpha value is -0.900.